The molecular weight excluding hydrogens is 228 g/mol. The van der Waals surface area contributed by atoms with Crippen LogP contribution in [0, 0.1) is 0 Å². The summed E-state index contributed by atoms with van der Waals surface area (Å²) in [5.74, 6) is 1.13. The van der Waals surface area contributed by atoms with E-state index in [9.17, 15) is 0 Å². The largest absolute Gasteiger partial charge is 0.330 e. The molecule has 0 aliphatic carbocycles. The summed E-state index contributed by atoms with van der Waals surface area (Å²) in [6, 6.07) is 8.79. The fourth-order valence-corrected chi connectivity index (χ4v) is 2.32. The predicted molar refractivity (Wildman–Crippen MR) is 77.4 cm³/mol. The lowest BCUT2D eigenvalue weighted by atomic mass is 10.0. The minimum atomic E-state index is 0.117. The molecule has 0 aliphatic rings. The molecule has 0 unspecified atom stereocenters. The Bertz CT molecular complexity index is 319. The number of rotatable bonds is 7. The van der Waals surface area contributed by atoms with Gasteiger partial charge in [-0.15, -0.1) is 11.8 Å². The van der Waals surface area contributed by atoms with Crippen molar-refractivity contribution >= 4 is 11.8 Å². The Morgan fingerprint density at radius 1 is 1.24 bits per heavy atom. The van der Waals surface area contributed by atoms with Gasteiger partial charge < -0.3 is 11.1 Å². The molecule has 0 saturated heterocycles. The molecule has 3 heteroatoms. The van der Waals surface area contributed by atoms with E-state index in [1.807, 2.05) is 11.8 Å². The van der Waals surface area contributed by atoms with E-state index < -0.39 is 0 Å². The average molecular weight is 252 g/mol. The Labute approximate surface area is 109 Å². The maximum Gasteiger partial charge on any atom is 0.0210 e. The van der Waals surface area contributed by atoms with Gasteiger partial charge >= 0.3 is 0 Å². The zero-order valence-electron chi connectivity index (χ0n) is 11.1. The van der Waals surface area contributed by atoms with Crippen molar-refractivity contribution in [3.63, 3.8) is 0 Å². The number of nitrogens with one attached hydrogen (secondary N) is 1. The van der Waals surface area contributed by atoms with Crippen molar-refractivity contribution < 1.29 is 0 Å². The third-order valence-corrected chi connectivity index (χ3v) is 3.67. The van der Waals surface area contributed by atoms with E-state index in [1.54, 1.807) is 0 Å². The van der Waals surface area contributed by atoms with Gasteiger partial charge in [-0.25, -0.2) is 0 Å². The van der Waals surface area contributed by atoms with Crippen molar-refractivity contribution in [1.82, 2.24) is 5.32 Å². The molecule has 1 aromatic rings. The zero-order chi connectivity index (χ0) is 12.7. The SMILES string of the molecule is CCSc1ccc(CNC(C)(C)CCN)cc1. The molecule has 0 bridgehead atoms. The van der Waals surface area contributed by atoms with Gasteiger partial charge in [0.25, 0.3) is 0 Å². The van der Waals surface area contributed by atoms with Gasteiger partial charge in [-0.1, -0.05) is 19.1 Å². The van der Waals surface area contributed by atoms with Crippen LogP contribution in [0.15, 0.2) is 29.2 Å². The van der Waals surface area contributed by atoms with Gasteiger partial charge in [-0.3, -0.25) is 0 Å². The fraction of sp³-hybridized carbons (Fsp3) is 0.571. The second-order valence-electron chi connectivity index (χ2n) is 4.85. The molecule has 0 radical (unpaired) electrons. The lowest BCUT2D eigenvalue weighted by molar-refractivity contribution is 0.365. The van der Waals surface area contributed by atoms with Crippen molar-refractivity contribution in [3.8, 4) is 0 Å². The van der Waals surface area contributed by atoms with E-state index in [0.717, 1.165) is 25.3 Å². The highest BCUT2D eigenvalue weighted by atomic mass is 32.2. The maximum absolute atomic E-state index is 5.59. The lowest BCUT2D eigenvalue weighted by Gasteiger charge is -2.25. The zero-order valence-corrected chi connectivity index (χ0v) is 11.9. The minimum absolute atomic E-state index is 0.117. The maximum atomic E-state index is 5.59. The van der Waals surface area contributed by atoms with E-state index in [0.29, 0.717) is 0 Å². The van der Waals surface area contributed by atoms with Crippen LogP contribution in [0.1, 0.15) is 32.8 Å². The first-order valence-corrected chi connectivity index (χ1v) is 7.23. The first-order valence-electron chi connectivity index (χ1n) is 6.24. The first-order chi connectivity index (χ1) is 8.07. The van der Waals surface area contributed by atoms with Crippen molar-refractivity contribution in [2.45, 2.75) is 44.2 Å². The summed E-state index contributed by atoms with van der Waals surface area (Å²) in [5, 5.41) is 3.54. The summed E-state index contributed by atoms with van der Waals surface area (Å²) in [7, 11) is 0. The molecule has 2 nitrogen and oxygen atoms in total. The van der Waals surface area contributed by atoms with Crippen LogP contribution < -0.4 is 11.1 Å². The number of benzene rings is 1. The van der Waals surface area contributed by atoms with E-state index >= 15 is 0 Å². The third kappa shape index (κ3) is 5.57. The molecule has 0 atom stereocenters. The molecule has 96 valence electrons. The van der Waals surface area contributed by atoms with E-state index in [-0.39, 0.29) is 5.54 Å². The van der Waals surface area contributed by atoms with Gasteiger partial charge in [-0.05, 0) is 50.3 Å². The molecule has 0 amide bonds. The summed E-state index contributed by atoms with van der Waals surface area (Å²) >= 11 is 1.88. The molecule has 0 spiro atoms. The van der Waals surface area contributed by atoms with E-state index in [4.69, 9.17) is 5.73 Å². The molecule has 0 heterocycles. The minimum Gasteiger partial charge on any atom is -0.330 e. The highest BCUT2D eigenvalue weighted by Crippen LogP contribution is 2.18. The first kappa shape index (κ1) is 14.6. The van der Waals surface area contributed by atoms with Crippen LogP contribution in [0.2, 0.25) is 0 Å². The molecule has 3 N–H and O–H groups in total. The predicted octanol–water partition coefficient (Wildman–Crippen LogP) is 3.02. The smallest absolute Gasteiger partial charge is 0.0210 e. The van der Waals surface area contributed by atoms with Gasteiger partial charge in [0.1, 0.15) is 0 Å². The van der Waals surface area contributed by atoms with Crippen LogP contribution >= 0.6 is 11.8 Å². The van der Waals surface area contributed by atoms with Gasteiger partial charge in [0, 0.05) is 17.0 Å². The number of nitrogens with two attached hydrogens (primary N) is 1. The Hall–Kier alpha value is -0.510. The highest BCUT2D eigenvalue weighted by Gasteiger charge is 2.14. The molecule has 1 aromatic carbocycles. The molecule has 1 rings (SSSR count). The van der Waals surface area contributed by atoms with Crippen LogP contribution in [-0.2, 0) is 6.54 Å². The van der Waals surface area contributed by atoms with Crippen molar-refractivity contribution in [3.05, 3.63) is 29.8 Å². The summed E-state index contributed by atoms with van der Waals surface area (Å²) in [6.07, 6.45) is 0.997. The molecular formula is C14H24N2S. The molecule has 0 fully saturated rings. The third-order valence-electron chi connectivity index (χ3n) is 2.77. The Morgan fingerprint density at radius 3 is 2.41 bits per heavy atom. The lowest BCUT2D eigenvalue weighted by Crippen LogP contribution is -2.40. The molecule has 17 heavy (non-hydrogen) atoms. The van der Waals surface area contributed by atoms with Crippen LogP contribution in [0.3, 0.4) is 0 Å². The Balaban J connectivity index is 2.46. The summed E-state index contributed by atoms with van der Waals surface area (Å²) < 4.78 is 0. The summed E-state index contributed by atoms with van der Waals surface area (Å²) in [5.41, 5.74) is 7.04. The summed E-state index contributed by atoms with van der Waals surface area (Å²) in [4.78, 5) is 1.34. The fourth-order valence-electron chi connectivity index (χ4n) is 1.66. The van der Waals surface area contributed by atoms with Gasteiger partial charge in [0.15, 0.2) is 0 Å². The van der Waals surface area contributed by atoms with Gasteiger partial charge in [-0.2, -0.15) is 0 Å². The van der Waals surface area contributed by atoms with Gasteiger partial charge in [0.2, 0.25) is 0 Å². The number of hydrogen-bond donors (Lipinski definition) is 2. The number of thioether (sulfide) groups is 1. The van der Waals surface area contributed by atoms with Crippen LogP contribution in [0.4, 0.5) is 0 Å². The second-order valence-corrected chi connectivity index (χ2v) is 6.19. The van der Waals surface area contributed by atoms with E-state index in [2.05, 4.69) is 50.4 Å². The molecule has 0 aliphatic heterocycles. The van der Waals surface area contributed by atoms with Crippen molar-refractivity contribution in [1.29, 1.82) is 0 Å². The number of hydrogen-bond acceptors (Lipinski definition) is 3. The topological polar surface area (TPSA) is 38.0 Å². The van der Waals surface area contributed by atoms with E-state index in [1.165, 1.54) is 10.5 Å². The monoisotopic (exact) mass is 252 g/mol. The van der Waals surface area contributed by atoms with Crippen LogP contribution in [0.5, 0.6) is 0 Å². The normalized spacial score (nSPS) is 11.8. The van der Waals surface area contributed by atoms with Crippen LogP contribution in [-0.4, -0.2) is 17.8 Å². The van der Waals surface area contributed by atoms with Crippen molar-refractivity contribution in [2.75, 3.05) is 12.3 Å². The standard InChI is InChI=1S/C14H24N2S/c1-4-17-13-7-5-12(6-8-13)11-16-14(2,3)9-10-15/h5-8,16H,4,9-11,15H2,1-3H3. The van der Waals surface area contributed by atoms with Crippen molar-refractivity contribution in [2.24, 2.45) is 5.73 Å². The molecule has 0 aromatic heterocycles. The second kappa shape index (κ2) is 7.04. The molecule has 0 saturated carbocycles. The van der Waals surface area contributed by atoms with Gasteiger partial charge in [0.05, 0.1) is 0 Å². The average Bonchev–Trinajstić information content (AvgIpc) is 2.29. The quantitative estimate of drug-likeness (QED) is 0.733. The Kier molecular flexibility index (Phi) is 6.03. The summed E-state index contributed by atoms with van der Waals surface area (Å²) in [6.45, 7) is 8.20. The highest BCUT2D eigenvalue weighted by molar-refractivity contribution is 7.99. The Morgan fingerprint density at radius 2 is 1.88 bits per heavy atom. The van der Waals surface area contributed by atoms with Crippen LogP contribution in [0.25, 0.3) is 0 Å².